The summed E-state index contributed by atoms with van der Waals surface area (Å²) in [4.78, 5) is 1.26. The van der Waals surface area contributed by atoms with Gasteiger partial charge >= 0.3 is 0 Å². The molecule has 0 saturated carbocycles. The number of nitrogens with zero attached hydrogens (tertiary/aromatic N) is 1. The van der Waals surface area contributed by atoms with E-state index in [-0.39, 0.29) is 21.7 Å². The van der Waals surface area contributed by atoms with Crippen molar-refractivity contribution in [3.8, 4) is 38.4 Å². The van der Waals surface area contributed by atoms with Gasteiger partial charge in [-0.05, 0) is 72.7 Å². The Labute approximate surface area is 277 Å². The van der Waals surface area contributed by atoms with Crippen LogP contribution in [-0.4, -0.2) is 0 Å². The van der Waals surface area contributed by atoms with Gasteiger partial charge in [0.25, 0.3) is 0 Å². The van der Waals surface area contributed by atoms with Gasteiger partial charge in [0.1, 0.15) is 4.88 Å². The molecule has 5 aromatic rings. The summed E-state index contributed by atoms with van der Waals surface area (Å²) in [6.07, 6.45) is 2.32. The molecule has 0 N–H and O–H groups in total. The van der Waals surface area contributed by atoms with Crippen LogP contribution < -0.4 is 4.57 Å². The van der Waals surface area contributed by atoms with E-state index in [2.05, 4.69) is 184 Å². The van der Waals surface area contributed by atoms with Crippen LogP contribution in [0.1, 0.15) is 105 Å². The van der Waals surface area contributed by atoms with Crippen molar-refractivity contribution in [3.63, 3.8) is 0 Å². The molecular weight excluding hydrogens is 563 g/mol. The van der Waals surface area contributed by atoms with Crippen molar-refractivity contribution in [1.29, 1.82) is 0 Å². The van der Waals surface area contributed by atoms with Crippen molar-refractivity contribution in [1.82, 2.24) is 0 Å². The Kier molecular flexibility index (Phi) is 8.55. The first-order chi connectivity index (χ1) is 20.8. The van der Waals surface area contributed by atoms with Gasteiger partial charge in [0.05, 0.1) is 11.1 Å². The van der Waals surface area contributed by atoms with E-state index in [1.165, 1.54) is 60.6 Å². The molecule has 0 unspecified atom stereocenters. The zero-order valence-corrected chi connectivity index (χ0v) is 30.4. The molecule has 0 bridgehead atoms. The van der Waals surface area contributed by atoms with Crippen LogP contribution in [0, 0.1) is 0 Å². The number of para-hydroxylation sites is 1. The van der Waals surface area contributed by atoms with E-state index in [1.807, 2.05) is 0 Å². The molecule has 0 spiro atoms. The molecule has 0 aliphatic heterocycles. The highest BCUT2D eigenvalue weighted by molar-refractivity contribution is 7.12. The lowest BCUT2D eigenvalue weighted by molar-refractivity contribution is -0.588. The number of thiazole rings is 1. The first kappa shape index (κ1) is 32.9. The molecule has 1 heterocycles. The molecule has 0 saturated heterocycles. The van der Waals surface area contributed by atoms with Crippen molar-refractivity contribution in [2.45, 2.75) is 105 Å². The van der Waals surface area contributed by atoms with Crippen molar-refractivity contribution >= 4 is 11.3 Å². The standard InChI is InChI=1S/C43H52NS/c1-40(2,3)32-21-30(22-33(25-32)41(4,5)6)36-19-16-20-37(31-23-34(42(7,8)9)26-35(24-31)43(10,11)12)39(36)44-27-38(45-28-44)29-17-14-13-15-18-29/h13-28H,1-12H3/q+1. The average molecular weight is 615 g/mol. The molecule has 45 heavy (non-hydrogen) atoms. The molecule has 0 fully saturated rings. The zero-order chi connectivity index (χ0) is 32.9. The highest BCUT2D eigenvalue weighted by atomic mass is 32.1. The summed E-state index contributed by atoms with van der Waals surface area (Å²) in [5.41, 5.74) is 15.4. The summed E-state index contributed by atoms with van der Waals surface area (Å²) >= 11 is 1.80. The van der Waals surface area contributed by atoms with E-state index >= 15 is 0 Å². The lowest BCUT2D eigenvalue weighted by atomic mass is 9.77. The molecule has 0 aliphatic carbocycles. The molecule has 234 valence electrons. The van der Waals surface area contributed by atoms with Crippen LogP contribution in [0.15, 0.2) is 96.6 Å². The van der Waals surface area contributed by atoms with Crippen LogP contribution in [0.4, 0.5) is 0 Å². The van der Waals surface area contributed by atoms with Gasteiger partial charge < -0.3 is 0 Å². The summed E-state index contributed by atoms with van der Waals surface area (Å²) in [6, 6.07) is 32.2. The summed E-state index contributed by atoms with van der Waals surface area (Å²) in [6.45, 7) is 27.9. The van der Waals surface area contributed by atoms with E-state index in [0.29, 0.717) is 0 Å². The fourth-order valence-electron chi connectivity index (χ4n) is 5.75. The number of rotatable bonds is 4. The number of aromatic nitrogens is 1. The van der Waals surface area contributed by atoms with Crippen LogP contribution in [0.3, 0.4) is 0 Å². The quantitative estimate of drug-likeness (QED) is 0.177. The minimum Gasteiger partial charge on any atom is -0.155 e. The Morgan fingerprint density at radius 3 is 1.22 bits per heavy atom. The SMILES string of the molecule is CC(C)(C)c1cc(-c2cccc(-c3cc(C(C)(C)C)cc(C(C)(C)C)c3)c2-[n+]2csc(-c3ccccc3)c2)cc(C(C)(C)C)c1. The van der Waals surface area contributed by atoms with E-state index in [1.54, 1.807) is 11.3 Å². The van der Waals surface area contributed by atoms with Crippen LogP contribution in [0.25, 0.3) is 38.4 Å². The van der Waals surface area contributed by atoms with Gasteiger partial charge in [0.2, 0.25) is 11.2 Å². The Hall–Kier alpha value is -3.49. The predicted molar refractivity (Wildman–Crippen MR) is 197 cm³/mol. The highest BCUT2D eigenvalue weighted by Gasteiger charge is 2.28. The third-order valence-electron chi connectivity index (χ3n) is 8.85. The maximum atomic E-state index is 2.43. The van der Waals surface area contributed by atoms with Crippen molar-refractivity contribution in [3.05, 3.63) is 119 Å². The maximum Gasteiger partial charge on any atom is 0.231 e. The van der Waals surface area contributed by atoms with E-state index < -0.39 is 0 Å². The molecule has 0 aliphatic rings. The minimum atomic E-state index is 0.0342. The van der Waals surface area contributed by atoms with Crippen molar-refractivity contribution < 1.29 is 4.57 Å². The third-order valence-corrected chi connectivity index (χ3v) is 9.78. The van der Waals surface area contributed by atoms with E-state index in [0.717, 1.165) is 0 Å². The second-order valence-corrected chi connectivity index (χ2v) is 17.7. The van der Waals surface area contributed by atoms with Gasteiger partial charge in [-0.2, -0.15) is 4.57 Å². The summed E-state index contributed by atoms with van der Waals surface area (Å²) in [5, 5.41) is 0. The van der Waals surface area contributed by atoms with Crippen LogP contribution in [0.5, 0.6) is 0 Å². The molecule has 0 atom stereocenters. The van der Waals surface area contributed by atoms with Gasteiger partial charge in [-0.1, -0.05) is 167 Å². The van der Waals surface area contributed by atoms with Gasteiger partial charge in [-0.3, -0.25) is 0 Å². The highest BCUT2D eigenvalue weighted by Crippen LogP contribution is 2.41. The summed E-state index contributed by atoms with van der Waals surface area (Å²) in [5.74, 6) is 0. The van der Waals surface area contributed by atoms with E-state index in [9.17, 15) is 0 Å². The van der Waals surface area contributed by atoms with Gasteiger partial charge in [-0.25, -0.2) is 0 Å². The monoisotopic (exact) mass is 614 g/mol. The summed E-state index contributed by atoms with van der Waals surface area (Å²) in [7, 11) is 0. The molecule has 1 nitrogen and oxygen atoms in total. The second-order valence-electron chi connectivity index (χ2n) is 16.8. The minimum absolute atomic E-state index is 0.0342. The number of benzene rings is 4. The van der Waals surface area contributed by atoms with Crippen LogP contribution >= 0.6 is 11.3 Å². The lowest BCUT2D eigenvalue weighted by Crippen LogP contribution is -2.29. The Balaban J connectivity index is 1.86. The molecule has 2 heteroatoms. The Morgan fingerprint density at radius 2 is 0.844 bits per heavy atom. The van der Waals surface area contributed by atoms with Crippen LogP contribution in [-0.2, 0) is 21.7 Å². The Bertz CT molecular complexity index is 1650. The summed E-state index contributed by atoms with van der Waals surface area (Å²) < 4.78 is 2.37. The fourth-order valence-corrected chi connectivity index (χ4v) is 6.59. The Morgan fingerprint density at radius 1 is 0.444 bits per heavy atom. The second kappa shape index (κ2) is 11.7. The molecule has 4 aromatic carbocycles. The van der Waals surface area contributed by atoms with Crippen molar-refractivity contribution in [2.75, 3.05) is 0 Å². The molecular formula is C43H52NS+. The first-order valence-electron chi connectivity index (χ1n) is 16.3. The van der Waals surface area contributed by atoms with Gasteiger partial charge in [0.15, 0.2) is 6.20 Å². The average Bonchev–Trinajstić information content (AvgIpc) is 3.45. The number of hydrogen-bond acceptors (Lipinski definition) is 1. The molecule has 0 amide bonds. The normalized spacial score (nSPS) is 12.9. The van der Waals surface area contributed by atoms with Gasteiger partial charge in [0, 0.05) is 0 Å². The predicted octanol–water partition coefficient (Wildman–Crippen LogP) is 12.2. The van der Waals surface area contributed by atoms with Gasteiger partial charge in [-0.15, -0.1) is 0 Å². The molecule has 1 aromatic heterocycles. The largest absolute Gasteiger partial charge is 0.231 e. The smallest absolute Gasteiger partial charge is 0.155 e. The maximum absolute atomic E-state index is 2.43. The van der Waals surface area contributed by atoms with E-state index in [4.69, 9.17) is 0 Å². The third kappa shape index (κ3) is 7.17. The molecule has 0 radical (unpaired) electrons. The fraction of sp³-hybridized carbons (Fsp3) is 0.372. The van der Waals surface area contributed by atoms with Crippen LogP contribution in [0.2, 0.25) is 0 Å². The topological polar surface area (TPSA) is 3.88 Å². The molecule has 5 rings (SSSR count). The number of hydrogen-bond donors (Lipinski definition) is 0. The lowest BCUT2D eigenvalue weighted by Gasteiger charge is -2.27. The van der Waals surface area contributed by atoms with Crippen molar-refractivity contribution in [2.24, 2.45) is 0 Å². The first-order valence-corrected chi connectivity index (χ1v) is 17.2. The zero-order valence-electron chi connectivity index (χ0n) is 29.6.